The molecule has 1 aromatic heterocycles. The summed E-state index contributed by atoms with van der Waals surface area (Å²) in [7, 11) is 1.70. The molecular weight excluding hydrogens is 226 g/mol. The second-order valence-electron chi connectivity index (χ2n) is 4.58. The zero-order valence-electron chi connectivity index (χ0n) is 10.8. The number of nitrogens with two attached hydrogens (primary N) is 1. The minimum absolute atomic E-state index is 0.119. The molecule has 0 aliphatic rings. The first kappa shape index (κ1) is 12.9. The highest BCUT2D eigenvalue weighted by Crippen LogP contribution is 2.23. The third-order valence-electron chi connectivity index (χ3n) is 2.73. The standard InChI is InChI=1S/C15H19NO2/c1-11(16)9-14-7-8-15(18-14)13-5-3-12(4-6-13)10-17-2/h3-8,11H,9-10,16H2,1-2H3. The van der Waals surface area contributed by atoms with Crippen LogP contribution in [0.1, 0.15) is 18.2 Å². The van der Waals surface area contributed by atoms with E-state index in [1.165, 1.54) is 0 Å². The molecule has 1 heterocycles. The summed E-state index contributed by atoms with van der Waals surface area (Å²) < 4.78 is 10.9. The molecule has 2 rings (SSSR count). The quantitative estimate of drug-likeness (QED) is 0.881. The van der Waals surface area contributed by atoms with Gasteiger partial charge in [-0.05, 0) is 24.6 Å². The Bertz CT molecular complexity index is 485. The summed E-state index contributed by atoms with van der Waals surface area (Å²) in [5.74, 6) is 1.82. The van der Waals surface area contributed by atoms with Crippen LogP contribution in [0.5, 0.6) is 0 Å². The molecule has 1 unspecified atom stereocenters. The van der Waals surface area contributed by atoms with Gasteiger partial charge in [0.25, 0.3) is 0 Å². The van der Waals surface area contributed by atoms with Crippen molar-refractivity contribution in [1.82, 2.24) is 0 Å². The third-order valence-corrected chi connectivity index (χ3v) is 2.73. The van der Waals surface area contributed by atoms with Crippen LogP contribution in [0.25, 0.3) is 11.3 Å². The normalized spacial score (nSPS) is 12.6. The van der Waals surface area contributed by atoms with Crippen LogP contribution in [0.3, 0.4) is 0 Å². The predicted molar refractivity (Wildman–Crippen MR) is 72.2 cm³/mol. The smallest absolute Gasteiger partial charge is 0.134 e. The van der Waals surface area contributed by atoms with Gasteiger partial charge in [-0.2, -0.15) is 0 Å². The van der Waals surface area contributed by atoms with E-state index >= 15 is 0 Å². The summed E-state index contributed by atoms with van der Waals surface area (Å²) in [6.07, 6.45) is 0.766. The number of methoxy groups -OCH3 is 1. The van der Waals surface area contributed by atoms with E-state index in [2.05, 4.69) is 0 Å². The molecule has 1 atom stereocenters. The monoisotopic (exact) mass is 245 g/mol. The fourth-order valence-corrected chi connectivity index (χ4v) is 1.89. The Morgan fingerprint density at radius 3 is 2.50 bits per heavy atom. The summed E-state index contributed by atoms with van der Waals surface area (Å²) in [5.41, 5.74) is 7.98. The van der Waals surface area contributed by atoms with Crippen molar-refractivity contribution in [2.45, 2.75) is 26.0 Å². The number of hydrogen-bond donors (Lipinski definition) is 1. The van der Waals surface area contributed by atoms with E-state index < -0.39 is 0 Å². The van der Waals surface area contributed by atoms with Gasteiger partial charge in [0.1, 0.15) is 11.5 Å². The van der Waals surface area contributed by atoms with Gasteiger partial charge in [-0.3, -0.25) is 0 Å². The molecule has 0 saturated heterocycles. The largest absolute Gasteiger partial charge is 0.461 e. The number of hydrogen-bond acceptors (Lipinski definition) is 3. The zero-order chi connectivity index (χ0) is 13.0. The Hall–Kier alpha value is -1.58. The summed E-state index contributed by atoms with van der Waals surface area (Å²) in [6.45, 7) is 2.61. The molecule has 0 aliphatic carbocycles. The molecule has 0 aliphatic heterocycles. The lowest BCUT2D eigenvalue weighted by molar-refractivity contribution is 0.185. The van der Waals surface area contributed by atoms with Crippen LogP contribution < -0.4 is 5.73 Å². The molecule has 0 amide bonds. The SMILES string of the molecule is COCc1ccc(-c2ccc(CC(C)N)o2)cc1. The Morgan fingerprint density at radius 2 is 1.89 bits per heavy atom. The van der Waals surface area contributed by atoms with E-state index in [0.717, 1.165) is 29.1 Å². The highest BCUT2D eigenvalue weighted by atomic mass is 16.5. The summed E-state index contributed by atoms with van der Waals surface area (Å²) in [4.78, 5) is 0. The van der Waals surface area contributed by atoms with Crippen molar-refractivity contribution in [2.24, 2.45) is 5.73 Å². The van der Waals surface area contributed by atoms with Gasteiger partial charge < -0.3 is 14.9 Å². The Morgan fingerprint density at radius 1 is 1.17 bits per heavy atom. The van der Waals surface area contributed by atoms with Crippen LogP contribution in [-0.4, -0.2) is 13.2 Å². The summed E-state index contributed by atoms with van der Waals surface area (Å²) in [5, 5.41) is 0. The van der Waals surface area contributed by atoms with E-state index in [1.54, 1.807) is 7.11 Å². The first-order valence-corrected chi connectivity index (χ1v) is 6.11. The molecule has 1 aromatic carbocycles. The molecule has 3 heteroatoms. The number of ether oxygens (including phenoxy) is 1. The highest BCUT2D eigenvalue weighted by molar-refractivity contribution is 5.57. The minimum atomic E-state index is 0.119. The van der Waals surface area contributed by atoms with Gasteiger partial charge >= 0.3 is 0 Å². The second kappa shape index (κ2) is 5.85. The average Bonchev–Trinajstić information content (AvgIpc) is 2.78. The average molecular weight is 245 g/mol. The van der Waals surface area contributed by atoms with E-state index in [4.69, 9.17) is 14.9 Å². The van der Waals surface area contributed by atoms with Gasteiger partial charge in [0.15, 0.2) is 0 Å². The van der Waals surface area contributed by atoms with Crippen molar-refractivity contribution in [3.05, 3.63) is 47.7 Å². The van der Waals surface area contributed by atoms with E-state index in [-0.39, 0.29) is 6.04 Å². The summed E-state index contributed by atoms with van der Waals surface area (Å²) >= 11 is 0. The molecule has 0 saturated carbocycles. The first-order chi connectivity index (χ1) is 8.69. The molecule has 96 valence electrons. The number of benzene rings is 1. The van der Waals surface area contributed by atoms with Crippen LogP contribution in [0.4, 0.5) is 0 Å². The predicted octanol–water partition coefficient (Wildman–Crippen LogP) is 2.98. The van der Waals surface area contributed by atoms with Crippen LogP contribution in [0, 0.1) is 0 Å². The topological polar surface area (TPSA) is 48.4 Å². The molecule has 0 radical (unpaired) electrons. The summed E-state index contributed by atoms with van der Waals surface area (Å²) in [6, 6.07) is 12.3. The maximum atomic E-state index is 5.77. The van der Waals surface area contributed by atoms with Crippen molar-refractivity contribution in [2.75, 3.05) is 7.11 Å². The molecular formula is C15H19NO2. The third kappa shape index (κ3) is 3.22. The van der Waals surface area contributed by atoms with Crippen LogP contribution in [0.15, 0.2) is 40.8 Å². The van der Waals surface area contributed by atoms with Gasteiger partial charge in [0.2, 0.25) is 0 Å². The highest BCUT2D eigenvalue weighted by Gasteiger charge is 2.06. The lowest BCUT2D eigenvalue weighted by atomic mass is 10.1. The maximum absolute atomic E-state index is 5.77. The molecule has 2 aromatic rings. The van der Waals surface area contributed by atoms with Crippen molar-refractivity contribution < 1.29 is 9.15 Å². The number of furan rings is 1. The fourth-order valence-electron chi connectivity index (χ4n) is 1.89. The van der Waals surface area contributed by atoms with E-state index in [0.29, 0.717) is 6.61 Å². The molecule has 3 nitrogen and oxygen atoms in total. The van der Waals surface area contributed by atoms with E-state index in [1.807, 2.05) is 43.3 Å². The Labute approximate surface area is 108 Å². The van der Waals surface area contributed by atoms with Crippen molar-refractivity contribution in [3.63, 3.8) is 0 Å². The van der Waals surface area contributed by atoms with Gasteiger partial charge in [-0.1, -0.05) is 24.3 Å². The van der Waals surface area contributed by atoms with Gasteiger partial charge in [-0.25, -0.2) is 0 Å². The molecule has 0 spiro atoms. The molecule has 0 fully saturated rings. The minimum Gasteiger partial charge on any atom is -0.461 e. The Balaban J connectivity index is 2.13. The van der Waals surface area contributed by atoms with Gasteiger partial charge in [0, 0.05) is 25.1 Å². The van der Waals surface area contributed by atoms with Gasteiger partial charge in [0.05, 0.1) is 6.61 Å². The van der Waals surface area contributed by atoms with Crippen LogP contribution in [-0.2, 0) is 17.8 Å². The fraction of sp³-hybridized carbons (Fsp3) is 0.333. The second-order valence-corrected chi connectivity index (χ2v) is 4.58. The Kier molecular flexibility index (Phi) is 4.18. The maximum Gasteiger partial charge on any atom is 0.134 e. The number of rotatable bonds is 5. The van der Waals surface area contributed by atoms with Gasteiger partial charge in [-0.15, -0.1) is 0 Å². The lowest BCUT2D eigenvalue weighted by Crippen LogP contribution is -2.17. The molecule has 2 N–H and O–H groups in total. The zero-order valence-corrected chi connectivity index (χ0v) is 10.8. The lowest BCUT2D eigenvalue weighted by Gasteiger charge is -2.02. The van der Waals surface area contributed by atoms with Crippen molar-refractivity contribution >= 4 is 0 Å². The first-order valence-electron chi connectivity index (χ1n) is 6.11. The molecule has 0 bridgehead atoms. The van der Waals surface area contributed by atoms with Crippen molar-refractivity contribution in [3.8, 4) is 11.3 Å². The van der Waals surface area contributed by atoms with E-state index in [9.17, 15) is 0 Å². The van der Waals surface area contributed by atoms with Crippen molar-refractivity contribution in [1.29, 1.82) is 0 Å². The molecule has 18 heavy (non-hydrogen) atoms. The van der Waals surface area contributed by atoms with Crippen LogP contribution in [0.2, 0.25) is 0 Å². The van der Waals surface area contributed by atoms with Crippen LogP contribution >= 0.6 is 0 Å².